The van der Waals surface area contributed by atoms with Gasteiger partial charge in [0.15, 0.2) is 0 Å². The van der Waals surface area contributed by atoms with Gasteiger partial charge in [-0.25, -0.2) is 16.6 Å². The quantitative estimate of drug-likeness (QED) is 0.107. The molecule has 10 aromatic rings. The molecular weight excluding hydrogens is 861 g/mol. The topological polar surface area (TPSA) is 0 Å². The van der Waals surface area contributed by atoms with E-state index in [1.807, 2.05) is 0 Å². The summed E-state index contributed by atoms with van der Waals surface area (Å²) < 4.78 is 0. The molecule has 0 heterocycles. The SMILES string of the molecule is c1ccc([Si-](c2ccccc2)[Si](c2ccccc2)(c2ccccc2)[Si](c2ccccc2)(c2ccccc2)[Si](c2ccccc2)(c2ccccc2)[Si-](c2ccccc2)c2ccccc2)cc1. The summed E-state index contributed by atoms with van der Waals surface area (Å²) in [5.41, 5.74) is 0. The standard InChI is InChI=1S/C60H50Si5/c1-11-31-51(32-12-1)61(52-33-13-2-14-34-52)63(55-39-19-5-20-40-55,56-41-21-6-22-42-56)65(59-47-27-9-28-48-59,60-49-29-10-30-50-60)64(57-43-23-7-24-44-57,58-45-25-8-26-46-58)62(53-35-15-3-16-36-53)54-37-17-4-18-38-54/h1-50H/q-2. The van der Waals surface area contributed by atoms with Crippen molar-refractivity contribution in [2.75, 3.05) is 0 Å². The summed E-state index contributed by atoms with van der Waals surface area (Å²) in [7, 11) is -14.0. The minimum atomic E-state index is -3.56. The maximum Gasteiger partial charge on any atom is 0.0681 e. The fourth-order valence-corrected chi connectivity index (χ4v) is 105. The molecule has 0 nitrogen and oxygen atoms in total. The first-order valence-electron chi connectivity index (χ1n) is 22.6. The van der Waals surface area contributed by atoms with Crippen molar-refractivity contribution in [3.8, 4) is 0 Å². The Hall–Kier alpha value is -6.72. The normalized spacial score (nSPS) is 11.7. The van der Waals surface area contributed by atoms with Crippen LogP contribution in [-0.4, -0.2) is 38.0 Å². The van der Waals surface area contributed by atoms with Crippen LogP contribution in [0.4, 0.5) is 0 Å². The van der Waals surface area contributed by atoms with Gasteiger partial charge in [-0.1, -0.05) is 334 Å². The van der Waals surface area contributed by atoms with E-state index in [0.29, 0.717) is 0 Å². The van der Waals surface area contributed by atoms with Gasteiger partial charge in [0.25, 0.3) is 0 Å². The molecule has 0 bridgehead atoms. The maximum absolute atomic E-state index is 3.56. The average Bonchev–Trinajstić information content (AvgIpc) is 3.41. The number of rotatable bonds is 14. The highest BCUT2D eigenvalue weighted by Crippen LogP contribution is 2.34. The third-order valence-electron chi connectivity index (χ3n) is 13.4. The van der Waals surface area contributed by atoms with Crippen LogP contribution in [0.3, 0.4) is 0 Å². The van der Waals surface area contributed by atoms with Gasteiger partial charge in [0.1, 0.15) is 0 Å². The third-order valence-corrected chi connectivity index (χ3v) is 75.6. The van der Waals surface area contributed by atoms with Crippen molar-refractivity contribution in [1.29, 1.82) is 0 Å². The Morgan fingerprint density at radius 2 is 0.323 bits per heavy atom. The highest BCUT2D eigenvalue weighted by Gasteiger charge is 2.66. The summed E-state index contributed by atoms with van der Waals surface area (Å²) in [5, 5.41) is 14.9. The minimum Gasteiger partial charge on any atom is -0.241 e. The van der Waals surface area contributed by atoms with Crippen LogP contribution >= 0.6 is 0 Å². The Kier molecular flexibility index (Phi) is 12.5. The lowest BCUT2D eigenvalue weighted by Gasteiger charge is -2.73. The van der Waals surface area contributed by atoms with Gasteiger partial charge in [-0.3, -0.25) is 0 Å². The van der Waals surface area contributed by atoms with Crippen LogP contribution < -0.4 is 51.9 Å². The van der Waals surface area contributed by atoms with Crippen molar-refractivity contribution in [1.82, 2.24) is 0 Å². The van der Waals surface area contributed by atoms with E-state index in [0.717, 1.165) is 0 Å². The number of hydrogen-bond donors (Lipinski definition) is 0. The van der Waals surface area contributed by atoms with Gasteiger partial charge in [0.05, 0.1) is 7.11 Å². The lowest BCUT2D eigenvalue weighted by Crippen LogP contribution is -3.07. The summed E-state index contributed by atoms with van der Waals surface area (Å²) in [6, 6.07) is 120. The Labute approximate surface area is 390 Å². The number of hydrogen-bond acceptors (Lipinski definition) is 0. The fraction of sp³-hybridized carbons (Fsp3) is 0. The molecule has 0 N–H and O–H groups in total. The van der Waals surface area contributed by atoms with E-state index in [1.54, 1.807) is 0 Å². The molecule has 10 aromatic carbocycles. The van der Waals surface area contributed by atoms with Gasteiger partial charge < -0.3 is 0 Å². The molecule has 312 valence electrons. The van der Waals surface area contributed by atoms with Gasteiger partial charge in [0.2, 0.25) is 0 Å². The molecule has 0 fully saturated rings. The molecule has 10 rings (SSSR count). The Morgan fingerprint density at radius 1 is 0.169 bits per heavy atom. The highest BCUT2D eigenvalue weighted by atomic mass is 29.9. The second-order valence-corrected chi connectivity index (χ2v) is 49.4. The zero-order chi connectivity index (χ0) is 43.8. The smallest absolute Gasteiger partial charge is 0.0681 e. The molecule has 0 aliphatic carbocycles. The van der Waals surface area contributed by atoms with Gasteiger partial charge in [0, 0.05) is 0 Å². The molecule has 0 atom stereocenters. The summed E-state index contributed by atoms with van der Waals surface area (Å²) in [4.78, 5) is 0. The first-order chi connectivity index (χ1) is 32.3. The monoisotopic (exact) mass is 910 g/mol. The van der Waals surface area contributed by atoms with E-state index in [9.17, 15) is 0 Å². The first kappa shape index (κ1) is 42.2. The van der Waals surface area contributed by atoms with E-state index in [-0.39, 0.29) is 0 Å². The van der Waals surface area contributed by atoms with Crippen molar-refractivity contribution >= 4 is 89.8 Å². The lowest BCUT2D eigenvalue weighted by atomic mass is 10.4. The largest absolute Gasteiger partial charge is 0.241 e. The van der Waals surface area contributed by atoms with Crippen molar-refractivity contribution in [2.45, 2.75) is 0 Å². The minimum absolute atomic E-state index is 1.46. The molecule has 0 unspecified atom stereocenters. The lowest BCUT2D eigenvalue weighted by molar-refractivity contribution is 1.69. The van der Waals surface area contributed by atoms with Crippen molar-refractivity contribution < 1.29 is 0 Å². The first-order valence-corrected chi connectivity index (χ1v) is 35.6. The van der Waals surface area contributed by atoms with Gasteiger partial charge >= 0.3 is 0 Å². The van der Waals surface area contributed by atoms with Crippen molar-refractivity contribution in [3.05, 3.63) is 303 Å². The maximum atomic E-state index is 2.59. The van der Waals surface area contributed by atoms with Crippen LogP contribution in [0.15, 0.2) is 303 Å². The summed E-state index contributed by atoms with van der Waals surface area (Å²) in [6.45, 7) is 0. The van der Waals surface area contributed by atoms with E-state index in [4.69, 9.17) is 0 Å². The molecule has 0 saturated carbocycles. The van der Waals surface area contributed by atoms with Crippen LogP contribution in [0.1, 0.15) is 0 Å². The van der Waals surface area contributed by atoms with E-state index < -0.39 is 38.0 Å². The Balaban J connectivity index is 1.62. The fourth-order valence-electron chi connectivity index (χ4n) is 11.2. The molecule has 0 amide bonds. The Morgan fingerprint density at radius 3 is 0.508 bits per heavy atom. The zero-order valence-corrected chi connectivity index (χ0v) is 41.4. The van der Waals surface area contributed by atoms with Gasteiger partial charge in [-0.15, -0.1) is 0 Å². The predicted octanol–water partition coefficient (Wildman–Crippen LogP) is 6.71. The molecule has 0 aliphatic heterocycles. The molecular formula is C60H50Si5-2. The van der Waals surface area contributed by atoms with E-state index in [2.05, 4.69) is 303 Å². The van der Waals surface area contributed by atoms with Crippen LogP contribution in [-0.2, 0) is 0 Å². The molecule has 65 heavy (non-hydrogen) atoms. The van der Waals surface area contributed by atoms with Crippen LogP contribution in [0.5, 0.6) is 0 Å². The zero-order valence-electron chi connectivity index (χ0n) is 36.4. The Bertz CT molecular complexity index is 2630. The summed E-state index contributed by atoms with van der Waals surface area (Å²) in [6.07, 6.45) is 0. The van der Waals surface area contributed by atoms with Gasteiger partial charge in [-0.2, -0.15) is 20.7 Å². The molecule has 5 heteroatoms. The number of benzene rings is 10. The molecule has 0 aliphatic rings. The van der Waals surface area contributed by atoms with Crippen LogP contribution in [0.2, 0.25) is 0 Å². The second kappa shape index (κ2) is 19.2. The van der Waals surface area contributed by atoms with Crippen LogP contribution in [0, 0.1) is 0 Å². The van der Waals surface area contributed by atoms with E-state index in [1.165, 1.54) is 51.9 Å². The second-order valence-electron chi connectivity index (χ2n) is 16.7. The third kappa shape index (κ3) is 7.26. The predicted molar refractivity (Wildman–Crippen MR) is 290 cm³/mol. The summed E-state index contributed by atoms with van der Waals surface area (Å²) >= 11 is 0. The van der Waals surface area contributed by atoms with Crippen molar-refractivity contribution in [3.63, 3.8) is 0 Å². The molecule has 0 saturated heterocycles. The van der Waals surface area contributed by atoms with E-state index >= 15 is 0 Å². The summed E-state index contributed by atoms with van der Waals surface area (Å²) in [5.74, 6) is 0. The molecule has 0 aromatic heterocycles. The molecule has 0 spiro atoms. The highest BCUT2D eigenvalue weighted by molar-refractivity contribution is 8.04. The van der Waals surface area contributed by atoms with Crippen LogP contribution in [0.25, 0.3) is 0 Å². The van der Waals surface area contributed by atoms with Crippen molar-refractivity contribution in [2.24, 2.45) is 0 Å². The van der Waals surface area contributed by atoms with Gasteiger partial charge in [-0.05, 0) is 14.2 Å². The average molecular weight is 911 g/mol. The molecule has 0 radical (unpaired) electrons.